The Hall–Kier alpha value is -1.19. The number of carbonyl (C=O) groups is 1. The van der Waals surface area contributed by atoms with Gasteiger partial charge in [0.1, 0.15) is 5.01 Å². The van der Waals surface area contributed by atoms with E-state index in [-0.39, 0.29) is 6.04 Å². The van der Waals surface area contributed by atoms with Crippen LogP contribution in [0.15, 0.2) is 5.38 Å². The summed E-state index contributed by atoms with van der Waals surface area (Å²) in [6, 6.07) is 0.215. The summed E-state index contributed by atoms with van der Waals surface area (Å²) in [6.07, 6.45) is -2.95. The van der Waals surface area contributed by atoms with Gasteiger partial charge in [0.05, 0.1) is 6.42 Å². The number of amides is 1. The third kappa shape index (κ3) is 3.68. The molecule has 3 heterocycles. The zero-order valence-corrected chi connectivity index (χ0v) is 14.9. The minimum atomic E-state index is -4.96. The average Bonchev–Trinajstić information content (AvgIpc) is 3.26. The molecule has 9 heteroatoms. The van der Waals surface area contributed by atoms with Crippen molar-refractivity contribution in [2.45, 2.75) is 50.4 Å². The summed E-state index contributed by atoms with van der Waals surface area (Å²) in [6.45, 7) is 4.39. The Balaban J connectivity index is 1.71. The number of rotatable bonds is 4. The van der Waals surface area contributed by atoms with Gasteiger partial charge in [-0.15, -0.1) is 11.3 Å². The van der Waals surface area contributed by atoms with Crippen molar-refractivity contribution in [3.05, 3.63) is 16.1 Å². The van der Waals surface area contributed by atoms with Crippen molar-refractivity contribution < 1.29 is 23.1 Å². The van der Waals surface area contributed by atoms with E-state index in [1.54, 1.807) is 6.92 Å². The first-order valence-electron chi connectivity index (χ1n) is 8.44. The number of hydrogen-bond donors (Lipinski definition) is 1. The molecular formula is C16H22F3N3O2S. The first kappa shape index (κ1) is 18.6. The molecular weight excluding hydrogens is 355 g/mol. The number of aliphatic hydroxyl groups is 1. The van der Waals surface area contributed by atoms with E-state index in [1.807, 2.05) is 0 Å². The van der Waals surface area contributed by atoms with E-state index in [1.165, 1.54) is 10.3 Å². The Kier molecular flexibility index (Phi) is 5.09. The van der Waals surface area contributed by atoms with E-state index < -0.39 is 29.1 Å². The second-order valence-corrected chi connectivity index (χ2v) is 7.71. The highest BCUT2D eigenvalue weighted by atomic mass is 32.1. The Morgan fingerprint density at radius 3 is 2.60 bits per heavy atom. The molecule has 0 aromatic carbocycles. The summed E-state index contributed by atoms with van der Waals surface area (Å²) in [5.74, 6) is -0.672. The van der Waals surface area contributed by atoms with E-state index in [0.29, 0.717) is 18.8 Å². The van der Waals surface area contributed by atoms with Crippen molar-refractivity contribution >= 4 is 17.2 Å². The van der Waals surface area contributed by atoms with Gasteiger partial charge in [-0.25, -0.2) is 4.98 Å². The lowest BCUT2D eigenvalue weighted by atomic mass is 9.99. The van der Waals surface area contributed by atoms with Crippen molar-refractivity contribution in [3.8, 4) is 0 Å². The molecule has 0 bridgehead atoms. The maximum absolute atomic E-state index is 13.5. The molecule has 1 amide bonds. The molecule has 2 aliphatic heterocycles. The Labute approximate surface area is 148 Å². The number of hydrogen-bond acceptors (Lipinski definition) is 5. The van der Waals surface area contributed by atoms with Gasteiger partial charge in [-0.1, -0.05) is 0 Å². The number of carbonyl (C=O) groups excluding carboxylic acids is 1. The topological polar surface area (TPSA) is 56.7 Å². The van der Waals surface area contributed by atoms with Crippen LogP contribution in [0.2, 0.25) is 0 Å². The second kappa shape index (κ2) is 6.85. The minimum Gasteiger partial charge on any atom is -0.374 e. The Morgan fingerprint density at radius 1 is 1.36 bits per heavy atom. The van der Waals surface area contributed by atoms with Gasteiger partial charge < -0.3 is 10.0 Å². The molecule has 2 fully saturated rings. The largest absolute Gasteiger partial charge is 0.424 e. The second-order valence-electron chi connectivity index (χ2n) is 6.85. The first-order valence-corrected chi connectivity index (χ1v) is 9.32. The molecule has 2 atom stereocenters. The highest BCUT2D eigenvalue weighted by Gasteiger charge is 2.58. The van der Waals surface area contributed by atoms with Gasteiger partial charge in [0.15, 0.2) is 0 Å². The number of halogens is 3. The standard InChI is InChI=1S/C16H22F3N3O2S/c1-11-10-25-14(20-11)15(24,16(17,18)19)8-13(23)22-7-4-12(9-22)21-5-2-3-6-21/h10,12,24H,2-9H2,1H3. The maximum atomic E-state index is 13.5. The molecule has 25 heavy (non-hydrogen) atoms. The smallest absolute Gasteiger partial charge is 0.374 e. The van der Waals surface area contributed by atoms with Crippen LogP contribution in [0.1, 0.15) is 36.4 Å². The summed E-state index contributed by atoms with van der Waals surface area (Å²) >= 11 is 0.729. The quantitative estimate of drug-likeness (QED) is 0.875. The molecule has 0 spiro atoms. The molecule has 2 unspecified atom stereocenters. The molecule has 3 rings (SSSR count). The van der Waals surface area contributed by atoms with Gasteiger partial charge in [-0.05, 0) is 39.3 Å². The fourth-order valence-electron chi connectivity index (χ4n) is 3.54. The van der Waals surface area contributed by atoms with E-state index in [4.69, 9.17) is 0 Å². The molecule has 2 aliphatic rings. The zero-order chi connectivity index (χ0) is 18.2. The van der Waals surface area contributed by atoms with Crippen LogP contribution in [-0.2, 0) is 10.4 Å². The number of aromatic nitrogens is 1. The van der Waals surface area contributed by atoms with Gasteiger partial charge in [0.25, 0.3) is 0 Å². The number of thiazole rings is 1. The third-order valence-corrected chi connectivity index (χ3v) is 6.13. The summed E-state index contributed by atoms with van der Waals surface area (Å²) in [7, 11) is 0. The molecule has 1 aromatic rings. The summed E-state index contributed by atoms with van der Waals surface area (Å²) < 4.78 is 40.5. The van der Waals surface area contributed by atoms with Crippen LogP contribution in [0.3, 0.4) is 0 Å². The fraction of sp³-hybridized carbons (Fsp3) is 0.750. The molecule has 1 N–H and O–H groups in total. The maximum Gasteiger partial charge on any atom is 0.424 e. The van der Waals surface area contributed by atoms with Crippen LogP contribution in [0, 0.1) is 6.92 Å². The van der Waals surface area contributed by atoms with Crippen LogP contribution in [0.4, 0.5) is 13.2 Å². The average molecular weight is 377 g/mol. The molecule has 2 saturated heterocycles. The highest BCUT2D eigenvalue weighted by Crippen LogP contribution is 2.43. The van der Waals surface area contributed by atoms with Gasteiger partial charge in [-0.2, -0.15) is 13.2 Å². The fourth-order valence-corrected chi connectivity index (χ4v) is 4.46. The number of alkyl halides is 3. The highest BCUT2D eigenvalue weighted by molar-refractivity contribution is 7.09. The SMILES string of the molecule is Cc1csc(C(O)(CC(=O)N2CCC(N3CCCC3)C2)C(F)(F)F)n1. The van der Waals surface area contributed by atoms with Crippen molar-refractivity contribution in [1.29, 1.82) is 0 Å². The number of nitrogens with zero attached hydrogens (tertiary/aromatic N) is 3. The van der Waals surface area contributed by atoms with E-state index in [2.05, 4.69) is 9.88 Å². The van der Waals surface area contributed by atoms with Crippen molar-refractivity contribution in [3.63, 3.8) is 0 Å². The summed E-state index contributed by atoms with van der Waals surface area (Å²) in [4.78, 5) is 20.0. The molecule has 5 nitrogen and oxygen atoms in total. The molecule has 0 saturated carbocycles. The van der Waals surface area contributed by atoms with Gasteiger partial charge >= 0.3 is 6.18 Å². The number of likely N-dealkylation sites (tertiary alicyclic amines) is 2. The Morgan fingerprint density at radius 2 is 2.04 bits per heavy atom. The van der Waals surface area contributed by atoms with Gasteiger partial charge in [0.2, 0.25) is 11.5 Å². The van der Waals surface area contributed by atoms with E-state index in [0.717, 1.165) is 43.7 Å². The lowest BCUT2D eigenvalue weighted by Crippen LogP contribution is -2.47. The minimum absolute atomic E-state index is 0.215. The predicted octanol–water partition coefficient (Wildman–Crippen LogP) is 2.29. The summed E-state index contributed by atoms with van der Waals surface area (Å²) in [5.41, 5.74) is -2.83. The van der Waals surface area contributed by atoms with Gasteiger partial charge in [0, 0.05) is 30.2 Å². The zero-order valence-electron chi connectivity index (χ0n) is 14.1. The third-order valence-electron chi connectivity index (χ3n) is 5.02. The van der Waals surface area contributed by atoms with Crippen LogP contribution in [0.5, 0.6) is 0 Å². The van der Waals surface area contributed by atoms with Crippen molar-refractivity contribution in [2.24, 2.45) is 0 Å². The van der Waals surface area contributed by atoms with E-state index in [9.17, 15) is 23.1 Å². The van der Waals surface area contributed by atoms with Crippen molar-refractivity contribution in [2.75, 3.05) is 26.2 Å². The van der Waals surface area contributed by atoms with Crippen LogP contribution in [-0.4, -0.2) is 64.2 Å². The predicted molar refractivity (Wildman–Crippen MR) is 87.2 cm³/mol. The van der Waals surface area contributed by atoms with Crippen molar-refractivity contribution in [1.82, 2.24) is 14.8 Å². The van der Waals surface area contributed by atoms with Crippen LogP contribution in [0.25, 0.3) is 0 Å². The Bertz CT molecular complexity index is 630. The normalized spacial score (nSPS) is 24.7. The molecule has 1 aromatic heterocycles. The molecule has 0 radical (unpaired) electrons. The monoisotopic (exact) mass is 377 g/mol. The summed E-state index contributed by atoms with van der Waals surface area (Å²) in [5, 5.41) is 11.3. The van der Waals surface area contributed by atoms with Crippen LogP contribution >= 0.6 is 11.3 Å². The lowest BCUT2D eigenvalue weighted by molar-refractivity contribution is -0.268. The number of aryl methyl sites for hydroxylation is 1. The molecule has 0 aliphatic carbocycles. The first-order chi connectivity index (χ1) is 11.7. The van der Waals surface area contributed by atoms with Gasteiger partial charge in [-0.3, -0.25) is 9.69 Å². The van der Waals surface area contributed by atoms with E-state index >= 15 is 0 Å². The molecule has 140 valence electrons. The van der Waals surface area contributed by atoms with Crippen LogP contribution < -0.4 is 0 Å². The lowest BCUT2D eigenvalue weighted by Gasteiger charge is -2.30.